The third-order valence-electron chi connectivity index (χ3n) is 0.300. The quantitative estimate of drug-likeness (QED) is 0.478. The molecule has 0 heterocycles. The second kappa shape index (κ2) is 6.66. The molecule has 0 fully saturated rings. The zero-order valence-corrected chi connectivity index (χ0v) is 7.50. The van der Waals surface area contributed by atoms with Crippen LogP contribution in [0.5, 0.6) is 0 Å². The topological polar surface area (TPSA) is 37.3 Å². The fraction of sp³-hybridized carbons (Fsp3) is 0. The molecule has 0 aromatic heterocycles. The Labute approximate surface area is 93.2 Å². The van der Waals surface area contributed by atoms with Gasteiger partial charge in [0.1, 0.15) is 3.58 Å². The van der Waals surface area contributed by atoms with Crippen molar-refractivity contribution in [2.24, 2.45) is 0 Å². The zero-order chi connectivity index (χ0) is 5.86. The molecule has 0 bridgehead atoms. The number of halogens is 2. The van der Waals surface area contributed by atoms with Crippen molar-refractivity contribution in [3.63, 3.8) is 0 Å². The SMILES string of the molecule is O=C(O)C(I)=CI.[InH3]. The maximum atomic E-state index is 9.85. The van der Waals surface area contributed by atoms with Gasteiger partial charge in [-0.2, -0.15) is 0 Å². The Hall–Kier alpha value is 1.54. The molecule has 8 heavy (non-hydrogen) atoms. The van der Waals surface area contributed by atoms with Crippen LogP contribution in [0.4, 0.5) is 0 Å². The van der Waals surface area contributed by atoms with Gasteiger partial charge in [-0.05, 0) is 26.7 Å². The molecule has 0 aliphatic carbocycles. The van der Waals surface area contributed by atoms with Gasteiger partial charge < -0.3 is 5.11 Å². The van der Waals surface area contributed by atoms with E-state index >= 15 is 0 Å². The predicted molar refractivity (Wildman–Crippen MR) is 53.7 cm³/mol. The van der Waals surface area contributed by atoms with Gasteiger partial charge in [0.25, 0.3) is 0 Å². The molecule has 0 saturated heterocycles. The van der Waals surface area contributed by atoms with Gasteiger partial charge in [0.2, 0.25) is 0 Å². The second-order valence-corrected chi connectivity index (χ2v) is 2.55. The van der Waals surface area contributed by atoms with E-state index in [1.807, 2.05) is 22.6 Å². The first kappa shape index (κ1) is 12.2. The van der Waals surface area contributed by atoms with E-state index in [0.29, 0.717) is 3.58 Å². The number of carboxylic acid groups (broad SMARTS) is 1. The number of carbonyl (C=O) groups is 1. The first-order valence-corrected chi connectivity index (χ1v) is 3.70. The van der Waals surface area contributed by atoms with Gasteiger partial charge in [0.15, 0.2) is 0 Å². The summed E-state index contributed by atoms with van der Waals surface area (Å²) in [7, 11) is 0. The second-order valence-electron chi connectivity index (χ2n) is 0.762. The summed E-state index contributed by atoms with van der Waals surface area (Å²) >= 11 is 3.63. The number of carboxylic acids is 1. The van der Waals surface area contributed by atoms with Crippen LogP contribution in [0.15, 0.2) is 7.66 Å². The Morgan fingerprint density at radius 1 is 1.62 bits per heavy atom. The summed E-state index contributed by atoms with van der Waals surface area (Å²) in [6.45, 7) is 0. The minimum absolute atomic E-state index is 0. The normalized spacial score (nSPS) is 10.0. The molecule has 0 aromatic rings. The molecule has 2 nitrogen and oxygen atoms in total. The summed E-state index contributed by atoms with van der Waals surface area (Å²) in [6, 6.07) is 0. The molecule has 0 saturated carbocycles. The van der Waals surface area contributed by atoms with Crippen LogP contribution in [-0.2, 0) is 4.79 Å². The third kappa shape index (κ3) is 5.67. The fourth-order valence-electron chi connectivity index (χ4n) is 0.0467. The van der Waals surface area contributed by atoms with Crippen molar-refractivity contribution in [3.8, 4) is 0 Å². The van der Waals surface area contributed by atoms with Crippen LogP contribution in [0.1, 0.15) is 0 Å². The third-order valence-corrected chi connectivity index (χ3v) is 2.89. The van der Waals surface area contributed by atoms with Crippen molar-refractivity contribution in [2.45, 2.75) is 0 Å². The molecule has 46 valence electrons. The predicted octanol–water partition coefficient (Wildman–Crippen LogP) is 0.599. The summed E-state index contributed by atoms with van der Waals surface area (Å²) in [4.78, 5) is 9.85. The molecule has 0 rings (SSSR count). The molecule has 0 spiro atoms. The molecule has 0 amide bonds. The zero-order valence-electron chi connectivity index (χ0n) is 3.19. The van der Waals surface area contributed by atoms with Crippen LogP contribution in [0.25, 0.3) is 0 Å². The Balaban J connectivity index is 0. The standard InChI is InChI=1S/C3H2I2O2.In.3H/c4-1-2(5)3(6)7;;;;/h1H,(H,6,7);;;;. The minimum atomic E-state index is -0.866. The molecular weight excluding hydrogens is 437 g/mol. The molecule has 0 aromatic carbocycles. The summed E-state index contributed by atoms with van der Waals surface area (Å²) in [5, 5.41) is 8.10. The van der Waals surface area contributed by atoms with Crippen molar-refractivity contribution in [2.75, 3.05) is 0 Å². The van der Waals surface area contributed by atoms with Gasteiger partial charge >= 0.3 is 31.8 Å². The van der Waals surface area contributed by atoms with E-state index in [1.54, 1.807) is 22.6 Å². The average Bonchev–Trinajstić information content (AvgIpc) is 1.65. The van der Waals surface area contributed by atoms with Crippen LogP contribution in [0, 0.1) is 0 Å². The summed E-state index contributed by atoms with van der Waals surface area (Å²) < 4.78 is 1.86. The molecule has 1 N–H and O–H groups in total. The first-order valence-electron chi connectivity index (χ1n) is 1.37. The molecule has 0 atom stereocenters. The first-order chi connectivity index (χ1) is 3.18. The van der Waals surface area contributed by atoms with Crippen molar-refractivity contribution in [1.82, 2.24) is 0 Å². The fourth-order valence-corrected chi connectivity index (χ4v) is 0.313. The van der Waals surface area contributed by atoms with Gasteiger partial charge in [-0.3, -0.25) is 0 Å². The van der Waals surface area contributed by atoms with Gasteiger partial charge in [-0.25, -0.2) is 4.79 Å². The number of hydrogen-bond donors (Lipinski definition) is 1. The van der Waals surface area contributed by atoms with E-state index in [0.717, 1.165) is 0 Å². The van der Waals surface area contributed by atoms with E-state index in [4.69, 9.17) is 5.11 Å². The molecular formula is C3H5I2InO2. The van der Waals surface area contributed by atoms with E-state index in [1.165, 1.54) is 4.08 Å². The van der Waals surface area contributed by atoms with Crippen LogP contribution >= 0.6 is 45.2 Å². The maximum absolute atomic E-state index is 9.85. The summed E-state index contributed by atoms with van der Waals surface area (Å²) in [5.41, 5.74) is 0. The summed E-state index contributed by atoms with van der Waals surface area (Å²) in [6.07, 6.45) is 0. The van der Waals surface area contributed by atoms with Gasteiger partial charge in [-0.15, -0.1) is 0 Å². The van der Waals surface area contributed by atoms with Crippen molar-refractivity contribution in [3.05, 3.63) is 7.66 Å². The van der Waals surface area contributed by atoms with Gasteiger partial charge in [-0.1, -0.05) is 22.6 Å². The van der Waals surface area contributed by atoms with Crippen LogP contribution in [0.2, 0.25) is 0 Å². The van der Waals surface area contributed by atoms with Crippen LogP contribution in [-0.4, -0.2) is 36.9 Å². The van der Waals surface area contributed by atoms with E-state index in [9.17, 15) is 4.79 Å². The number of aliphatic carboxylic acids is 1. The monoisotopic (exact) mass is 442 g/mol. The number of hydrogen-bond acceptors (Lipinski definition) is 1. The van der Waals surface area contributed by atoms with Crippen molar-refractivity contribution >= 4 is 77.0 Å². The Morgan fingerprint density at radius 2 is 2.00 bits per heavy atom. The van der Waals surface area contributed by atoms with Crippen LogP contribution < -0.4 is 0 Å². The van der Waals surface area contributed by atoms with Gasteiger partial charge in [0, 0.05) is 0 Å². The van der Waals surface area contributed by atoms with Crippen molar-refractivity contribution in [1.29, 1.82) is 0 Å². The molecule has 0 unspecified atom stereocenters. The molecule has 0 aliphatic heterocycles. The van der Waals surface area contributed by atoms with E-state index < -0.39 is 5.97 Å². The van der Waals surface area contributed by atoms with Gasteiger partial charge in [0.05, 0.1) is 0 Å². The van der Waals surface area contributed by atoms with E-state index in [-0.39, 0.29) is 25.8 Å². The van der Waals surface area contributed by atoms with Crippen LogP contribution in [0.3, 0.4) is 0 Å². The Kier molecular flexibility index (Phi) is 10.2. The molecule has 0 aliphatic rings. The average molecular weight is 442 g/mol. The van der Waals surface area contributed by atoms with E-state index in [2.05, 4.69) is 0 Å². The Morgan fingerprint density at radius 3 is 2.00 bits per heavy atom. The van der Waals surface area contributed by atoms with Crippen molar-refractivity contribution < 1.29 is 9.90 Å². The summed E-state index contributed by atoms with van der Waals surface area (Å²) in [5.74, 6) is -0.866. The molecule has 0 radical (unpaired) electrons. The number of rotatable bonds is 1. The molecule has 5 heteroatoms. The Bertz CT molecular complexity index is 112.